The Morgan fingerprint density at radius 1 is 0.652 bits per heavy atom. The summed E-state index contributed by atoms with van der Waals surface area (Å²) in [5.41, 5.74) is 0. The topological polar surface area (TPSA) is 109 Å². The van der Waals surface area contributed by atoms with Crippen molar-refractivity contribution >= 4 is 20.2 Å². The average molecular weight is 364 g/mol. The predicted octanol–water partition coefficient (Wildman–Crippen LogP) is 2.33. The van der Waals surface area contributed by atoms with E-state index in [4.69, 9.17) is 0 Å². The molecule has 8 heteroatoms. The number of hydrogen-bond donors (Lipinski definition) is 2. The molecular formula is C15H24O6S2. The molecule has 6 atom stereocenters. The molecule has 4 aliphatic rings. The maximum Gasteiger partial charge on any atom is 0.288 e. The Hall–Kier alpha value is -0.180. The van der Waals surface area contributed by atoms with E-state index in [1.54, 1.807) is 0 Å². The van der Waals surface area contributed by atoms with E-state index in [0.29, 0.717) is 24.7 Å². The van der Waals surface area contributed by atoms with E-state index in [9.17, 15) is 25.9 Å². The quantitative estimate of drug-likeness (QED) is 0.741. The van der Waals surface area contributed by atoms with Crippen LogP contribution in [0.3, 0.4) is 0 Å². The standard InChI is InChI=1S/C15H24O6S2/c16-22(17,18)15(23(19,20)21,13-7-9-1-3-11(13)5-9)14-8-10-2-4-12(14)6-10/h9-14H,1-8H2,(H,16,17,18)(H,19,20,21). The second kappa shape index (κ2) is 4.93. The van der Waals surface area contributed by atoms with Crippen molar-refractivity contribution in [2.24, 2.45) is 35.5 Å². The molecule has 4 rings (SSSR count). The minimum absolute atomic E-state index is 0.0250. The minimum atomic E-state index is -4.93. The second-order valence-corrected chi connectivity index (χ2v) is 11.7. The van der Waals surface area contributed by atoms with Crippen molar-refractivity contribution in [3.05, 3.63) is 0 Å². The van der Waals surface area contributed by atoms with Crippen molar-refractivity contribution < 1.29 is 25.9 Å². The van der Waals surface area contributed by atoms with Gasteiger partial charge in [-0.15, -0.1) is 0 Å². The Morgan fingerprint density at radius 2 is 1.04 bits per heavy atom. The van der Waals surface area contributed by atoms with Gasteiger partial charge in [0, 0.05) is 11.8 Å². The van der Waals surface area contributed by atoms with Gasteiger partial charge in [-0.2, -0.15) is 16.8 Å². The van der Waals surface area contributed by atoms with E-state index in [-0.39, 0.29) is 11.8 Å². The highest BCUT2D eigenvalue weighted by Crippen LogP contribution is 2.63. The summed E-state index contributed by atoms with van der Waals surface area (Å²) in [6, 6.07) is 0. The first-order chi connectivity index (χ1) is 10.6. The van der Waals surface area contributed by atoms with Gasteiger partial charge < -0.3 is 0 Å². The Balaban J connectivity index is 1.89. The zero-order valence-corrected chi connectivity index (χ0v) is 14.6. The minimum Gasteiger partial charge on any atom is -0.284 e. The fourth-order valence-electron chi connectivity index (χ4n) is 6.65. The molecule has 23 heavy (non-hydrogen) atoms. The summed E-state index contributed by atoms with van der Waals surface area (Å²) in [4.78, 5) is 0. The van der Waals surface area contributed by atoms with E-state index < -0.39 is 36.2 Å². The van der Waals surface area contributed by atoms with E-state index >= 15 is 0 Å². The van der Waals surface area contributed by atoms with Crippen molar-refractivity contribution in [3.8, 4) is 0 Å². The molecule has 0 aromatic rings. The van der Waals surface area contributed by atoms with Crippen LogP contribution in [0.25, 0.3) is 0 Å². The van der Waals surface area contributed by atoms with Crippen molar-refractivity contribution in [1.82, 2.24) is 0 Å². The van der Waals surface area contributed by atoms with Crippen molar-refractivity contribution in [2.45, 2.75) is 55.4 Å². The SMILES string of the molecule is O=S(=O)(O)C(C1CC2CCC1C2)(C1CC2CCC1C2)S(=O)(=O)O. The summed E-state index contributed by atoms with van der Waals surface area (Å²) in [6.45, 7) is 0. The monoisotopic (exact) mass is 364 g/mol. The molecule has 2 N–H and O–H groups in total. The van der Waals surface area contributed by atoms with E-state index in [0.717, 1.165) is 38.5 Å². The maximum absolute atomic E-state index is 12.4. The van der Waals surface area contributed by atoms with Gasteiger partial charge in [0.15, 0.2) is 0 Å². The molecule has 0 radical (unpaired) electrons. The van der Waals surface area contributed by atoms with Crippen LogP contribution in [0.2, 0.25) is 0 Å². The van der Waals surface area contributed by atoms with Gasteiger partial charge in [-0.3, -0.25) is 9.11 Å². The third kappa shape index (κ3) is 2.10. The normalized spacial score (nSPS) is 43.4. The second-order valence-electron chi connectivity index (χ2n) is 8.23. The zero-order chi connectivity index (χ0) is 16.6. The highest BCUT2D eigenvalue weighted by atomic mass is 32.3. The molecule has 0 saturated heterocycles. The first-order valence-corrected chi connectivity index (χ1v) is 11.5. The largest absolute Gasteiger partial charge is 0.288 e. The summed E-state index contributed by atoms with van der Waals surface area (Å²) in [5.74, 6) is -0.741. The van der Waals surface area contributed by atoms with Crippen molar-refractivity contribution in [1.29, 1.82) is 0 Å². The van der Waals surface area contributed by atoms with Gasteiger partial charge in [-0.1, -0.05) is 12.8 Å². The highest BCUT2D eigenvalue weighted by Gasteiger charge is 2.71. The van der Waals surface area contributed by atoms with Gasteiger partial charge in [0.1, 0.15) is 0 Å². The number of hydrogen-bond acceptors (Lipinski definition) is 4. The van der Waals surface area contributed by atoms with Gasteiger partial charge in [0.2, 0.25) is 4.08 Å². The summed E-state index contributed by atoms with van der Waals surface area (Å²) >= 11 is 0. The summed E-state index contributed by atoms with van der Waals surface area (Å²) in [6.07, 6.45) is 6.18. The van der Waals surface area contributed by atoms with Crippen LogP contribution in [0.5, 0.6) is 0 Å². The molecule has 0 heterocycles. The summed E-state index contributed by atoms with van der Waals surface area (Å²) in [7, 11) is -9.87. The Morgan fingerprint density at radius 3 is 1.26 bits per heavy atom. The fourth-order valence-corrected chi connectivity index (χ4v) is 10.4. The number of fused-ring (bicyclic) bond motifs is 4. The van der Waals surface area contributed by atoms with Crippen LogP contribution >= 0.6 is 0 Å². The van der Waals surface area contributed by atoms with Crippen molar-refractivity contribution in [2.75, 3.05) is 0 Å². The summed E-state index contributed by atoms with van der Waals surface area (Å²) in [5, 5.41) is 0. The Labute approximate surface area is 137 Å². The first kappa shape index (κ1) is 16.3. The van der Waals surface area contributed by atoms with Gasteiger partial charge >= 0.3 is 0 Å². The van der Waals surface area contributed by atoms with E-state index in [2.05, 4.69) is 0 Å². The lowest BCUT2D eigenvalue weighted by Gasteiger charge is -2.44. The maximum atomic E-state index is 12.4. The first-order valence-electron chi connectivity index (χ1n) is 8.58. The third-order valence-corrected chi connectivity index (χ3v) is 11.4. The highest BCUT2D eigenvalue weighted by molar-refractivity contribution is 8.05. The number of rotatable bonds is 4. The van der Waals surface area contributed by atoms with Crippen LogP contribution in [0.15, 0.2) is 0 Å². The van der Waals surface area contributed by atoms with Gasteiger partial charge in [0.05, 0.1) is 0 Å². The zero-order valence-electron chi connectivity index (χ0n) is 13.0. The van der Waals surface area contributed by atoms with Gasteiger partial charge in [0.25, 0.3) is 20.2 Å². The Bertz CT molecular complexity index is 650. The lowest BCUT2D eigenvalue weighted by molar-refractivity contribution is 0.176. The molecule has 6 unspecified atom stereocenters. The molecule has 4 bridgehead atoms. The van der Waals surface area contributed by atoms with Crippen molar-refractivity contribution in [3.63, 3.8) is 0 Å². The lowest BCUT2D eigenvalue weighted by atomic mass is 9.75. The predicted molar refractivity (Wildman–Crippen MR) is 83.7 cm³/mol. The molecule has 4 saturated carbocycles. The molecule has 0 amide bonds. The molecular weight excluding hydrogens is 340 g/mol. The molecule has 0 aliphatic heterocycles. The third-order valence-electron chi connectivity index (χ3n) is 7.32. The molecule has 0 aromatic heterocycles. The van der Waals surface area contributed by atoms with Gasteiger partial charge in [-0.25, -0.2) is 0 Å². The fraction of sp³-hybridized carbons (Fsp3) is 1.00. The van der Waals surface area contributed by atoms with Crippen LogP contribution in [-0.2, 0) is 20.2 Å². The van der Waals surface area contributed by atoms with Crippen LogP contribution < -0.4 is 0 Å². The van der Waals surface area contributed by atoms with E-state index in [1.807, 2.05) is 0 Å². The van der Waals surface area contributed by atoms with Crippen LogP contribution in [-0.4, -0.2) is 30.0 Å². The van der Waals surface area contributed by atoms with Crippen LogP contribution in [0.4, 0.5) is 0 Å². The molecule has 4 aliphatic carbocycles. The average Bonchev–Trinajstić information content (AvgIpc) is 3.17. The molecule has 6 nitrogen and oxygen atoms in total. The molecule has 132 valence electrons. The van der Waals surface area contributed by atoms with Gasteiger partial charge in [-0.05, 0) is 62.2 Å². The lowest BCUT2D eigenvalue weighted by Crippen LogP contribution is -2.59. The Kier molecular flexibility index (Phi) is 3.49. The van der Waals surface area contributed by atoms with Crippen LogP contribution in [0.1, 0.15) is 51.4 Å². The molecule has 4 fully saturated rings. The summed E-state index contributed by atoms with van der Waals surface area (Å²) < 4.78 is 67.5. The smallest absolute Gasteiger partial charge is 0.284 e. The van der Waals surface area contributed by atoms with Crippen LogP contribution in [0, 0.1) is 35.5 Å². The van der Waals surface area contributed by atoms with E-state index in [1.165, 1.54) is 0 Å². The molecule has 0 aromatic carbocycles. The molecule has 0 spiro atoms.